The highest BCUT2D eigenvalue weighted by Gasteiger charge is 2.26. The maximum Gasteiger partial charge on any atom is 0.408 e. The molecule has 1 aromatic carbocycles. The van der Waals surface area contributed by atoms with E-state index >= 15 is 0 Å². The van der Waals surface area contributed by atoms with Gasteiger partial charge in [0.1, 0.15) is 11.6 Å². The summed E-state index contributed by atoms with van der Waals surface area (Å²) in [6.07, 6.45) is -0.424. The molecule has 22 heavy (non-hydrogen) atoms. The number of carbonyl (C=O) groups excluding carboxylic acids is 2. The van der Waals surface area contributed by atoms with Gasteiger partial charge in [-0.15, -0.1) is 0 Å². The van der Waals surface area contributed by atoms with Crippen molar-refractivity contribution >= 4 is 39.6 Å². The quantitative estimate of drug-likeness (QED) is 0.614. The molecule has 7 heteroatoms. The zero-order valence-electron chi connectivity index (χ0n) is 12.7. The van der Waals surface area contributed by atoms with E-state index in [-0.39, 0.29) is 12.5 Å². The summed E-state index contributed by atoms with van der Waals surface area (Å²) < 4.78 is 10.8. The lowest BCUT2D eigenvalue weighted by Gasteiger charge is -2.23. The fraction of sp³-hybridized carbons (Fsp3) is 0.467. The van der Waals surface area contributed by atoms with Crippen LogP contribution in [0, 0.1) is 0 Å². The van der Waals surface area contributed by atoms with E-state index in [1.165, 1.54) is 0 Å². The predicted octanol–water partition coefficient (Wildman–Crippen LogP) is 3.62. The Kier molecular flexibility index (Phi) is 7.16. The standard InChI is InChI=1S/C15H19BrClNO4/c1-15(2,3)22-14(20)18-12(13(19)21-9-17)8-10-6-4-5-7-11(10)16/h4-7,12H,8-9H2,1-3H3,(H,18,20). The van der Waals surface area contributed by atoms with Crippen LogP contribution in [0.4, 0.5) is 4.79 Å². The van der Waals surface area contributed by atoms with E-state index in [1.54, 1.807) is 20.8 Å². The molecular weight excluding hydrogens is 374 g/mol. The maximum atomic E-state index is 12.0. The second-order valence-electron chi connectivity index (χ2n) is 5.57. The van der Waals surface area contributed by atoms with Crippen molar-refractivity contribution in [1.29, 1.82) is 0 Å². The molecule has 1 unspecified atom stereocenters. The maximum absolute atomic E-state index is 12.0. The van der Waals surface area contributed by atoms with Crippen LogP contribution in [0.15, 0.2) is 28.7 Å². The van der Waals surface area contributed by atoms with E-state index in [2.05, 4.69) is 21.2 Å². The Morgan fingerprint density at radius 3 is 2.50 bits per heavy atom. The van der Waals surface area contributed by atoms with Gasteiger partial charge in [-0.3, -0.25) is 0 Å². The molecule has 0 heterocycles. The minimum atomic E-state index is -0.882. The SMILES string of the molecule is CC(C)(C)OC(=O)NC(Cc1ccccc1Br)C(=O)OCCl. The minimum Gasteiger partial charge on any atom is -0.448 e. The number of hydrogen-bond donors (Lipinski definition) is 1. The van der Waals surface area contributed by atoms with Crippen LogP contribution in [0.1, 0.15) is 26.3 Å². The van der Waals surface area contributed by atoms with Crippen LogP contribution in [0.5, 0.6) is 0 Å². The summed E-state index contributed by atoms with van der Waals surface area (Å²) >= 11 is 8.83. The number of rotatable bonds is 5. The van der Waals surface area contributed by atoms with Crippen molar-refractivity contribution in [3.8, 4) is 0 Å². The number of esters is 1. The molecular formula is C15H19BrClNO4. The zero-order valence-corrected chi connectivity index (χ0v) is 15.0. The van der Waals surface area contributed by atoms with Gasteiger partial charge >= 0.3 is 12.1 Å². The van der Waals surface area contributed by atoms with Crippen LogP contribution in [0.2, 0.25) is 0 Å². The van der Waals surface area contributed by atoms with E-state index in [0.717, 1.165) is 10.0 Å². The molecule has 1 rings (SSSR count). The van der Waals surface area contributed by atoms with Gasteiger partial charge < -0.3 is 14.8 Å². The number of hydrogen-bond acceptors (Lipinski definition) is 4. The van der Waals surface area contributed by atoms with Gasteiger partial charge in [-0.2, -0.15) is 0 Å². The predicted molar refractivity (Wildman–Crippen MR) is 87.8 cm³/mol. The number of amides is 1. The molecule has 1 atom stereocenters. The summed E-state index contributed by atoms with van der Waals surface area (Å²) in [7, 11) is 0. The van der Waals surface area contributed by atoms with Crippen LogP contribution in [0.25, 0.3) is 0 Å². The molecule has 1 N–H and O–H groups in total. The van der Waals surface area contributed by atoms with Crippen LogP contribution < -0.4 is 5.32 Å². The lowest BCUT2D eigenvalue weighted by molar-refractivity contribution is -0.144. The third-order valence-corrected chi connectivity index (χ3v) is 3.44. The lowest BCUT2D eigenvalue weighted by Crippen LogP contribution is -2.45. The summed E-state index contributed by atoms with van der Waals surface area (Å²) in [6.45, 7) is 5.23. The second kappa shape index (κ2) is 8.39. The average Bonchev–Trinajstić information content (AvgIpc) is 2.38. The zero-order chi connectivity index (χ0) is 16.8. The van der Waals surface area contributed by atoms with Crippen molar-refractivity contribution in [2.45, 2.75) is 38.8 Å². The Balaban J connectivity index is 2.83. The van der Waals surface area contributed by atoms with Crippen LogP contribution in [-0.4, -0.2) is 29.8 Å². The molecule has 0 saturated heterocycles. The summed E-state index contributed by atoms with van der Waals surface area (Å²) in [4.78, 5) is 23.8. The van der Waals surface area contributed by atoms with Crippen LogP contribution in [-0.2, 0) is 20.7 Å². The van der Waals surface area contributed by atoms with Gasteiger partial charge in [0.15, 0.2) is 6.07 Å². The summed E-state index contributed by atoms with van der Waals surface area (Å²) in [5, 5.41) is 2.52. The molecule has 122 valence electrons. The summed E-state index contributed by atoms with van der Waals surface area (Å²) in [5.74, 6) is -0.614. The number of benzene rings is 1. The molecule has 5 nitrogen and oxygen atoms in total. The Bertz CT molecular complexity index is 531. The lowest BCUT2D eigenvalue weighted by atomic mass is 10.1. The van der Waals surface area contributed by atoms with Crippen molar-refractivity contribution in [2.24, 2.45) is 0 Å². The molecule has 0 radical (unpaired) electrons. The molecule has 1 amide bonds. The minimum absolute atomic E-state index is 0.260. The molecule has 0 saturated carbocycles. The highest BCUT2D eigenvalue weighted by molar-refractivity contribution is 9.10. The largest absolute Gasteiger partial charge is 0.448 e. The van der Waals surface area contributed by atoms with Crippen molar-refractivity contribution < 1.29 is 19.1 Å². The molecule has 0 aromatic heterocycles. The Morgan fingerprint density at radius 2 is 1.95 bits per heavy atom. The molecule has 0 aliphatic carbocycles. The molecule has 0 bridgehead atoms. The monoisotopic (exact) mass is 391 g/mol. The van der Waals surface area contributed by atoms with E-state index in [9.17, 15) is 9.59 Å². The van der Waals surface area contributed by atoms with Gasteiger partial charge in [0, 0.05) is 10.9 Å². The van der Waals surface area contributed by atoms with Gasteiger partial charge in [-0.1, -0.05) is 45.7 Å². The van der Waals surface area contributed by atoms with Gasteiger partial charge in [0.05, 0.1) is 0 Å². The van der Waals surface area contributed by atoms with Gasteiger partial charge in [0.2, 0.25) is 0 Å². The van der Waals surface area contributed by atoms with Crippen molar-refractivity contribution in [2.75, 3.05) is 6.07 Å². The van der Waals surface area contributed by atoms with Crippen LogP contribution in [0.3, 0.4) is 0 Å². The molecule has 0 fully saturated rings. The third kappa shape index (κ3) is 6.66. The smallest absolute Gasteiger partial charge is 0.408 e. The highest BCUT2D eigenvalue weighted by atomic mass is 79.9. The number of halogens is 2. The molecule has 0 aliphatic heterocycles. The topological polar surface area (TPSA) is 64.6 Å². The Morgan fingerprint density at radius 1 is 1.32 bits per heavy atom. The number of alkyl carbamates (subject to hydrolysis) is 1. The summed E-state index contributed by atoms with van der Waals surface area (Å²) in [6, 6.07) is 6.25. The summed E-state index contributed by atoms with van der Waals surface area (Å²) in [5.41, 5.74) is 0.202. The van der Waals surface area contributed by atoms with E-state index in [1.807, 2.05) is 24.3 Å². The first-order valence-electron chi connectivity index (χ1n) is 6.68. The number of carbonyl (C=O) groups is 2. The van der Waals surface area contributed by atoms with Crippen molar-refractivity contribution in [1.82, 2.24) is 5.32 Å². The highest BCUT2D eigenvalue weighted by Crippen LogP contribution is 2.18. The molecule has 0 spiro atoms. The van der Waals surface area contributed by atoms with E-state index < -0.39 is 23.7 Å². The van der Waals surface area contributed by atoms with Crippen molar-refractivity contribution in [3.05, 3.63) is 34.3 Å². The fourth-order valence-corrected chi connectivity index (χ4v) is 2.24. The van der Waals surface area contributed by atoms with Gasteiger partial charge in [0.25, 0.3) is 0 Å². The molecule has 1 aromatic rings. The number of alkyl halides is 1. The number of ether oxygens (including phenoxy) is 2. The van der Waals surface area contributed by atoms with E-state index in [4.69, 9.17) is 21.1 Å². The second-order valence-corrected chi connectivity index (χ2v) is 6.64. The average molecular weight is 393 g/mol. The van der Waals surface area contributed by atoms with Crippen LogP contribution >= 0.6 is 27.5 Å². The first-order valence-corrected chi connectivity index (χ1v) is 8.01. The van der Waals surface area contributed by atoms with Crippen molar-refractivity contribution in [3.63, 3.8) is 0 Å². The third-order valence-electron chi connectivity index (χ3n) is 2.55. The Labute approximate surface area is 143 Å². The fourth-order valence-electron chi connectivity index (χ4n) is 1.68. The van der Waals surface area contributed by atoms with E-state index in [0.29, 0.717) is 0 Å². The normalized spacial score (nSPS) is 12.4. The van der Waals surface area contributed by atoms with Gasteiger partial charge in [-0.25, -0.2) is 9.59 Å². The first kappa shape index (κ1) is 18.8. The number of nitrogens with one attached hydrogen (secondary N) is 1. The first-order chi connectivity index (χ1) is 10.2. The Hall–Kier alpha value is -1.27. The van der Waals surface area contributed by atoms with Gasteiger partial charge in [-0.05, 0) is 32.4 Å². The molecule has 0 aliphatic rings.